The van der Waals surface area contributed by atoms with Crippen LogP contribution in [0.3, 0.4) is 0 Å². The van der Waals surface area contributed by atoms with Crippen molar-refractivity contribution in [2.45, 2.75) is 0 Å². The number of hydrogen-bond donors (Lipinski definition) is 0. The lowest BCUT2D eigenvalue weighted by Crippen LogP contribution is -1.86. The van der Waals surface area contributed by atoms with Crippen LogP contribution in [0.2, 0.25) is 0 Å². The molecule has 0 atom stereocenters. The Morgan fingerprint density at radius 1 is 1.00 bits per heavy atom. The quantitative estimate of drug-likeness (QED) is 0.664. The smallest absolute Gasteiger partial charge is 0.182 e. The van der Waals surface area contributed by atoms with Crippen LogP contribution in [0.4, 0.5) is 0 Å². The van der Waals surface area contributed by atoms with Gasteiger partial charge in [-0.3, -0.25) is 0 Å². The Labute approximate surface area is 115 Å². The number of pyridine rings is 1. The van der Waals surface area contributed by atoms with E-state index < -0.39 is 0 Å². The highest BCUT2D eigenvalue weighted by molar-refractivity contribution is 9.10. The van der Waals surface area contributed by atoms with Crippen LogP contribution in [0.15, 0.2) is 51.5 Å². The summed E-state index contributed by atoms with van der Waals surface area (Å²) in [6.45, 7) is 0. The number of halogens is 2. The largest absolute Gasteiger partial charge is 0.219 e. The molecule has 0 saturated carbocycles. The number of aromatic nitrogens is 3. The molecule has 0 bridgehead atoms. The molecule has 5 heteroatoms. The third-order valence-electron chi connectivity index (χ3n) is 2.38. The zero-order chi connectivity index (χ0) is 11.8. The highest BCUT2D eigenvalue weighted by Gasteiger charge is 2.06. The maximum Gasteiger partial charge on any atom is 0.182 e. The minimum Gasteiger partial charge on any atom is -0.219 e. The van der Waals surface area contributed by atoms with Gasteiger partial charge in [-0.15, -0.1) is 5.10 Å². The highest BCUT2D eigenvalue weighted by atomic mass is 79.9. The molecule has 3 nitrogen and oxygen atoms in total. The van der Waals surface area contributed by atoms with E-state index in [1.807, 2.05) is 42.6 Å². The predicted molar refractivity (Wildman–Crippen MR) is 73.8 cm³/mol. The van der Waals surface area contributed by atoms with Crippen LogP contribution in [0.1, 0.15) is 0 Å². The third kappa shape index (κ3) is 2.12. The SMILES string of the molecule is Brc1cccc(-c2nc3ccc(Br)cn3n2)c1. The van der Waals surface area contributed by atoms with E-state index in [1.54, 1.807) is 4.52 Å². The van der Waals surface area contributed by atoms with Gasteiger partial charge in [-0.1, -0.05) is 28.1 Å². The average molecular weight is 353 g/mol. The van der Waals surface area contributed by atoms with Crippen LogP contribution < -0.4 is 0 Å². The molecule has 0 N–H and O–H groups in total. The van der Waals surface area contributed by atoms with Gasteiger partial charge in [-0.05, 0) is 40.2 Å². The van der Waals surface area contributed by atoms with E-state index in [9.17, 15) is 0 Å². The van der Waals surface area contributed by atoms with Gasteiger partial charge in [0.25, 0.3) is 0 Å². The number of fused-ring (bicyclic) bond motifs is 1. The van der Waals surface area contributed by atoms with Gasteiger partial charge in [0, 0.05) is 20.7 Å². The second-order valence-corrected chi connectivity index (χ2v) is 5.43. The molecule has 3 aromatic rings. The summed E-state index contributed by atoms with van der Waals surface area (Å²) >= 11 is 6.86. The molecule has 0 unspecified atom stereocenters. The summed E-state index contributed by atoms with van der Waals surface area (Å²) in [5.41, 5.74) is 1.84. The summed E-state index contributed by atoms with van der Waals surface area (Å²) in [7, 11) is 0. The summed E-state index contributed by atoms with van der Waals surface area (Å²) in [6.07, 6.45) is 1.89. The number of rotatable bonds is 1. The number of hydrogen-bond acceptors (Lipinski definition) is 2. The first-order valence-corrected chi connectivity index (χ1v) is 6.59. The molecule has 3 rings (SSSR count). The van der Waals surface area contributed by atoms with Crippen molar-refractivity contribution in [3.63, 3.8) is 0 Å². The van der Waals surface area contributed by atoms with Crippen LogP contribution >= 0.6 is 31.9 Å². The van der Waals surface area contributed by atoms with Crippen LogP contribution in [-0.2, 0) is 0 Å². The van der Waals surface area contributed by atoms with Crippen LogP contribution in [0.25, 0.3) is 17.0 Å². The Morgan fingerprint density at radius 2 is 1.88 bits per heavy atom. The Morgan fingerprint density at radius 3 is 2.71 bits per heavy atom. The summed E-state index contributed by atoms with van der Waals surface area (Å²) in [5.74, 6) is 0.726. The summed E-state index contributed by atoms with van der Waals surface area (Å²) < 4.78 is 3.77. The first-order valence-electron chi connectivity index (χ1n) is 5.00. The second kappa shape index (κ2) is 4.23. The molecule has 2 heterocycles. The van der Waals surface area contributed by atoms with Gasteiger partial charge in [-0.25, -0.2) is 9.50 Å². The lowest BCUT2D eigenvalue weighted by atomic mass is 10.2. The van der Waals surface area contributed by atoms with Crippen molar-refractivity contribution in [2.24, 2.45) is 0 Å². The summed E-state index contributed by atoms with van der Waals surface area (Å²) in [4.78, 5) is 4.48. The number of nitrogens with zero attached hydrogens (tertiary/aromatic N) is 3. The van der Waals surface area contributed by atoms with Crippen LogP contribution in [0.5, 0.6) is 0 Å². The Balaban J connectivity index is 2.18. The monoisotopic (exact) mass is 351 g/mol. The van der Waals surface area contributed by atoms with Gasteiger partial charge in [0.15, 0.2) is 11.5 Å². The molecule has 0 spiro atoms. The fourth-order valence-corrected chi connectivity index (χ4v) is 2.33. The molecule has 2 aromatic heterocycles. The minimum absolute atomic E-state index is 0.726. The van der Waals surface area contributed by atoms with Gasteiger partial charge < -0.3 is 0 Å². The molecule has 17 heavy (non-hydrogen) atoms. The molecule has 0 aliphatic heterocycles. The Kier molecular flexibility index (Phi) is 2.72. The average Bonchev–Trinajstić information content (AvgIpc) is 2.72. The van der Waals surface area contributed by atoms with Crippen molar-refractivity contribution in [2.75, 3.05) is 0 Å². The van der Waals surface area contributed by atoms with Crippen molar-refractivity contribution in [1.82, 2.24) is 14.6 Å². The first-order chi connectivity index (χ1) is 8.22. The fourth-order valence-electron chi connectivity index (χ4n) is 1.61. The van der Waals surface area contributed by atoms with Crippen molar-refractivity contribution in [1.29, 1.82) is 0 Å². The normalized spacial score (nSPS) is 10.9. The third-order valence-corrected chi connectivity index (χ3v) is 3.34. The van der Waals surface area contributed by atoms with Crippen molar-refractivity contribution in [3.05, 3.63) is 51.5 Å². The van der Waals surface area contributed by atoms with Gasteiger partial charge in [0.2, 0.25) is 0 Å². The van der Waals surface area contributed by atoms with Crippen molar-refractivity contribution in [3.8, 4) is 11.4 Å². The molecule has 1 aromatic carbocycles. The van der Waals surface area contributed by atoms with E-state index in [2.05, 4.69) is 41.9 Å². The minimum atomic E-state index is 0.726. The molecule has 0 saturated heterocycles. The lowest BCUT2D eigenvalue weighted by molar-refractivity contribution is 0.961. The molecule has 0 fully saturated rings. The summed E-state index contributed by atoms with van der Waals surface area (Å²) in [6, 6.07) is 11.8. The van der Waals surface area contributed by atoms with Gasteiger partial charge >= 0.3 is 0 Å². The van der Waals surface area contributed by atoms with Crippen LogP contribution in [-0.4, -0.2) is 14.6 Å². The molecular formula is C12H7Br2N3. The number of benzene rings is 1. The maximum absolute atomic E-state index is 4.48. The van der Waals surface area contributed by atoms with E-state index >= 15 is 0 Å². The van der Waals surface area contributed by atoms with Gasteiger partial charge in [-0.2, -0.15) is 0 Å². The predicted octanol–water partition coefficient (Wildman–Crippen LogP) is 3.92. The zero-order valence-electron chi connectivity index (χ0n) is 8.64. The molecule has 0 radical (unpaired) electrons. The molecular weight excluding hydrogens is 346 g/mol. The topological polar surface area (TPSA) is 30.2 Å². The Hall–Kier alpha value is -1.20. The van der Waals surface area contributed by atoms with E-state index in [-0.39, 0.29) is 0 Å². The van der Waals surface area contributed by atoms with E-state index in [1.165, 1.54) is 0 Å². The fraction of sp³-hybridized carbons (Fsp3) is 0. The lowest BCUT2D eigenvalue weighted by Gasteiger charge is -1.94. The zero-order valence-corrected chi connectivity index (χ0v) is 11.8. The van der Waals surface area contributed by atoms with E-state index in [0.717, 1.165) is 26.0 Å². The first kappa shape index (κ1) is 10.9. The summed E-state index contributed by atoms with van der Waals surface area (Å²) in [5, 5.41) is 4.44. The molecule has 0 amide bonds. The highest BCUT2D eigenvalue weighted by Crippen LogP contribution is 2.21. The van der Waals surface area contributed by atoms with Crippen molar-refractivity contribution < 1.29 is 0 Å². The molecule has 0 aliphatic carbocycles. The molecule has 84 valence electrons. The molecule has 0 aliphatic rings. The standard InChI is InChI=1S/C12H7Br2N3/c13-9-3-1-2-8(6-9)12-15-11-5-4-10(14)7-17(11)16-12/h1-7H. The second-order valence-electron chi connectivity index (χ2n) is 3.60. The Bertz CT molecular complexity index is 691. The van der Waals surface area contributed by atoms with E-state index in [4.69, 9.17) is 0 Å². The van der Waals surface area contributed by atoms with Gasteiger partial charge in [0.1, 0.15) is 0 Å². The van der Waals surface area contributed by atoms with Crippen molar-refractivity contribution >= 4 is 37.5 Å². The maximum atomic E-state index is 4.48. The van der Waals surface area contributed by atoms with Crippen LogP contribution in [0, 0.1) is 0 Å². The van der Waals surface area contributed by atoms with Gasteiger partial charge in [0.05, 0.1) is 0 Å². The van der Waals surface area contributed by atoms with E-state index in [0.29, 0.717) is 0 Å².